The number of aromatic nitrogens is 4. The van der Waals surface area contributed by atoms with Crippen molar-refractivity contribution >= 4 is 43.6 Å². The molecule has 0 amide bonds. The fourth-order valence-corrected chi connectivity index (χ4v) is 15.8. The Morgan fingerprint density at radius 1 is 0.250 bits per heavy atom. The lowest BCUT2D eigenvalue weighted by Crippen LogP contribution is -2.60. The van der Waals surface area contributed by atoms with Crippen LogP contribution < -0.4 is 18.9 Å². The van der Waals surface area contributed by atoms with E-state index in [9.17, 15) is 81.7 Å². The lowest BCUT2D eigenvalue weighted by atomic mass is 9.93. The number of aliphatic hydroxyl groups excluding tert-OH is 16. The Bertz CT molecular complexity index is 4830. The Labute approximate surface area is 636 Å². The first-order chi connectivity index (χ1) is 54.3. The number of rotatable bonds is 16. The number of aliphatic hydroxyl groups is 16. The average molecular weight is 1530 g/mol. The molecular weight excluding hydrogens is 1450 g/mol. The van der Waals surface area contributed by atoms with Crippen molar-refractivity contribution in [3.63, 3.8) is 0 Å². The zero-order valence-corrected chi connectivity index (χ0v) is 59.2. The average Bonchev–Trinajstić information content (AvgIpc) is 1.56. The summed E-state index contributed by atoms with van der Waals surface area (Å²) in [7, 11) is 0. The van der Waals surface area contributed by atoms with Crippen LogP contribution in [-0.2, 0) is 18.9 Å². The fraction of sp³-hybridized carbons (Fsp3) is 0.286. The monoisotopic (exact) mass is 1530 g/mol. The van der Waals surface area contributed by atoms with Crippen LogP contribution in [0.2, 0.25) is 0 Å². The standard InChI is InChI=1S/C84H78N4O24/c89-33-53-69(93)73(97)77(101)81(109-53)105-41-25-17-37(18-26-41)57-61-45-9-1-2-10-46(45)62(85-61)58(38-19-27-42(28-20-38)106-82-78(102)74(98)70(94)54(34-90)110-82)64-49-13-5-6-14-50(49)66(87-64)60(40-23-31-44(32-24-40)108-84-80(104)76(100)72(96)56(36-92)112-84)68-52-16-8-7-15-51(52)67(88-68)59(65-48-12-4-3-11-47(48)63(57)86-65)39-21-29-43(30-22-39)107-83-79(103)75(99)71(95)55(35-91)111-83/h1-32,53-56,69-85,88-104H,33-36H2/t53-,54-,55-,56-,69-,70-,71-,72-,73+,74+,75+,76+,77-,78-,79-,80-,81-,82-,83-,84-/m1/s1. The number of hydrogen-bond acceptors (Lipinski definition) is 26. The van der Waals surface area contributed by atoms with Gasteiger partial charge in [-0.2, -0.15) is 0 Å². The van der Waals surface area contributed by atoms with Gasteiger partial charge in [0, 0.05) is 66.1 Å². The number of nitrogens with zero attached hydrogens (tertiary/aromatic N) is 2. The molecule has 8 aromatic carbocycles. The second-order valence-corrected chi connectivity index (χ2v) is 28.4. The molecule has 17 rings (SSSR count). The normalized spacial score (nSPS) is 28.4. The molecule has 28 heteroatoms. The van der Waals surface area contributed by atoms with E-state index < -0.39 is 149 Å². The Morgan fingerprint density at radius 3 is 0.643 bits per heavy atom. The van der Waals surface area contributed by atoms with Crippen molar-refractivity contribution in [3.05, 3.63) is 194 Å². The molecule has 8 heterocycles. The molecule has 8 bridgehead atoms. The van der Waals surface area contributed by atoms with Crippen LogP contribution in [0.15, 0.2) is 194 Å². The molecule has 4 fully saturated rings. The van der Waals surface area contributed by atoms with Gasteiger partial charge in [0.15, 0.2) is 0 Å². The lowest BCUT2D eigenvalue weighted by Gasteiger charge is -2.39. The zero-order chi connectivity index (χ0) is 77.7. The van der Waals surface area contributed by atoms with Crippen molar-refractivity contribution in [2.75, 3.05) is 26.4 Å². The van der Waals surface area contributed by atoms with E-state index in [1.54, 1.807) is 97.1 Å². The molecular formula is C84H78N4O24. The molecule has 28 nitrogen and oxygen atoms in total. The van der Waals surface area contributed by atoms with Gasteiger partial charge < -0.3 is 130 Å². The van der Waals surface area contributed by atoms with E-state index in [0.717, 1.165) is 0 Å². The fourth-order valence-electron chi connectivity index (χ4n) is 15.8. The second kappa shape index (κ2) is 30.4. The van der Waals surface area contributed by atoms with Gasteiger partial charge >= 0.3 is 0 Å². The smallest absolute Gasteiger partial charge is 0.229 e. The number of ether oxygens (including phenoxy) is 8. The first-order valence-electron chi connectivity index (χ1n) is 36.5. The van der Waals surface area contributed by atoms with Crippen molar-refractivity contribution in [2.24, 2.45) is 0 Å². The Kier molecular flexibility index (Phi) is 20.2. The van der Waals surface area contributed by atoms with E-state index in [0.29, 0.717) is 133 Å². The minimum absolute atomic E-state index is 0.178. The molecule has 6 aliphatic heterocycles. The molecule has 20 atom stereocenters. The van der Waals surface area contributed by atoms with Crippen molar-refractivity contribution < 1.29 is 120 Å². The third-order valence-corrected chi connectivity index (χ3v) is 21.7. The van der Waals surface area contributed by atoms with Crippen LogP contribution >= 0.6 is 0 Å². The summed E-state index contributed by atoms with van der Waals surface area (Å²) in [6, 6.07) is 58.7. The summed E-state index contributed by atoms with van der Waals surface area (Å²) in [6.45, 7) is -2.73. The predicted molar refractivity (Wildman–Crippen MR) is 404 cm³/mol. The first-order valence-corrected chi connectivity index (χ1v) is 36.5. The summed E-state index contributed by atoms with van der Waals surface area (Å²) < 4.78 is 48.0. The number of aromatic amines is 2. The zero-order valence-electron chi connectivity index (χ0n) is 59.2. The molecule has 112 heavy (non-hydrogen) atoms. The lowest BCUT2D eigenvalue weighted by molar-refractivity contribution is -0.277. The largest absolute Gasteiger partial charge is 0.462 e. The van der Waals surface area contributed by atoms with Gasteiger partial charge in [0.25, 0.3) is 0 Å². The molecule has 18 N–H and O–H groups in total. The van der Waals surface area contributed by atoms with E-state index in [4.69, 9.17) is 47.9 Å². The highest BCUT2D eigenvalue weighted by Gasteiger charge is 2.49. The van der Waals surface area contributed by atoms with Gasteiger partial charge in [0.2, 0.25) is 25.2 Å². The third-order valence-electron chi connectivity index (χ3n) is 21.7. The maximum absolute atomic E-state index is 11.2. The van der Waals surface area contributed by atoms with E-state index in [1.807, 2.05) is 97.1 Å². The highest BCUT2D eigenvalue weighted by Crippen LogP contribution is 2.53. The molecule has 0 unspecified atom stereocenters. The van der Waals surface area contributed by atoms with Crippen LogP contribution in [0.25, 0.3) is 133 Å². The summed E-state index contributed by atoms with van der Waals surface area (Å²) in [6.07, 6.45) is -31.4. The van der Waals surface area contributed by atoms with Crippen molar-refractivity contribution in [2.45, 2.75) is 123 Å². The van der Waals surface area contributed by atoms with Gasteiger partial charge in [0.05, 0.1) is 71.3 Å². The van der Waals surface area contributed by atoms with Crippen LogP contribution in [0.5, 0.6) is 23.0 Å². The van der Waals surface area contributed by atoms with Crippen molar-refractivity contribution in [1.29, 1.82) is 0 Å². The summed E-state index contributed by atoms with van der Waals surface area (Å²) in [4.78, 5) is 19.7. The molecule has 2 aromatic heterocycles. The van der Waals surface area contributed by atoms with Gasteiger partial charge in [-0.3, -0.25) is 0 Å². The predicted octanol–water partition coefficient (Wildman–Crippen LogP) is 4.67. The molecule has 1 aliphatic carbocycles. The van der Waals surface area contributed by atoms with Gasteiger partial charge in [-0.05, 0) is 70.8 Å². The highest BCUT2D eigenvalue weighted by molar-refractivity contribution is 6.21. The Morgan fingerprint density at radius 2 is 0.446 bits per heavy atom. The molecule has 578 valence electrons. The Balaban J connectivity index is 0.969. The first kappa shape index (κ1) is 74.5. The third kappa shape index (κ3) is 13.0. The maximum Gasteiger partial charge on any atom is 0.229 e. The van der Waals surface area contributed by atoms with E-state index in [-0.39, 0.29) is 23.0 Å². The molecule has 10 aromatic rings. The highest BCUT2D eigenvalue weighted by atomic mass is 16.7. The van der Waals surface area contributed by atoms with E-state index in [2.05, 4.69) is 9.97 Å². The van der Waals surface area contributed by atoms with E-state index >= 15 is 0 Å². The minimum atomic E-state index is -1.72. The summed E-state index contributed by atoms with van der Waals surface area (Å²) in [5, 5.41) is 174. The van der Waals surface area contributed by atoms with Gasteiger partial charge in [-0.25, -0.2) is 9.97 Å². The van der Waals surface area contributed by atoms with Crippen LogP contribution in [0.3, 0.4) is 0 Å². The minimum Gasteiger partial charge on any atom is -0.462 e. The van der Waals surface area contributed by atoms with Crippen LogP contribution in [-0.4, -0.2) is 251 Å². The van der Waals surface area contributed by atoms with Crippen molar-refractivity contribution in [3.8, 4) is 113 Å². The van der Waals surface area contributed by atoms with E-state index in [1.165, 1.54) is 0 Å². The quantitative estimate of drug-likeness (QED) is 0.0625. The molecule has 0 saturated carbocycles. The summed E-state index contributed by atoms with van der Waals surface area (Å²) in [5.41, 5.74) is 11.5. The maximum atomic E-state index is 11.2. The van der Waals surface area contributed by atoms with Gasteiger partial charge in [-0.15, -0.1) is 0 Å². The van der Waals surface area contributed by atoms with Crippen LogP contribution in [0.4, 0.5) is 0 Å². The molecule has 0 radical (unpaired) electrons. The van der Waals surface area contributed by atoms with Crippen LogP contribution in [0.1, 0.15) is 0 Å². The second-order valence-electron chi connectivity index (χ2n) is 28.4. The van der Waals surface area contributed by atoms with Gasteiger partial charge in [0.1, 0.15) is 121 Å². The number of benzene rings is 8. The van der Waals surface area contributed by atoms with Crippen molar-refractivity contribution in [1.82, 2.24) is 19.9 Å². The topological polar surface area (TPSA) is 455 Å². The molecule has 4 saturated heterocycles. The van der Waals surface area contributed by atoms with Crippen LogP contribution in [0, 0.1) is 0 Å². The number of H-pyrrole nitrogens is 2. The molecule has 7 aliphatic rings. The number of hydrogen-bond donors (Lipinski definition) is 18. The Hall–Kier alpha value is -10.2. The number of nitrogens with one attached hydrogen (secondary N) is 2. The summed E-state index contributed by atoms with van der Waals surface area (Å²) in [5.74, 6) is 0.711. The molecule has 0 spiro atoms. The SMILES string of the molecule is OC[C@H]1O[C@@H](Oc2ccc(-c3c4nc(c(-c5ccc(O[C@@H]6O[C@H](CO)[C@@H](O)[C@H](O)[C@H]6O)cc5)c5[nH]c(c(-c6ccc(O[C@@H]7O[C@H](CO)[C@@H](O)[C@H](O)[C@H]7O)cc6)c6nc(c(-c7ccc(O[C@@H]8O[C@H](CO)[C@@H](O)[C@H](O)[C@H]8O)cc7)c7[nH]c3c3ccccc73)-c3ccccc3-6)c3ccccc53)-c3ccccc3-4)cc2)[C@H](O)[C@@H](O)[C@@H]1O. The summed E-state index contributed by atoms with van der Waals surface area (Å²) >= 11 is 0. The van der Waals surface area contributed by atoms with Gasteiger partial charge in [-0.1, -0.05) is 146 Å².